The summed E-state index contributed by atoms with van der Waals surface area (Å²) < 4.78 is 1.66. The first-order chi connectivity index (χ1) is 12.0. The second-order valence-corrected chi connectivity index (χ2v) is 7.31. The fourth-order valence-electron chi connectivity index (χ4n) is 2.47. The molecule has 6 nitrogen and oxygen atoms in total. The molecule has 2 N–H and O–H groups in total. The van der Waals surface area contributed by atoms with E-state index in [0.717, 1.165) is 34.9 Å². The van der Waals surface area contributed by atoms with Crippen molar-refractivity contribution in [3.8, 4) is 5.69 Å². The van der Waals surface area contributed by atoms with E-state index in [1.54, 1.807) is 28.6 Å². The molecule has 1 aromatic carbocycles. The third-order valence-electron chi connectivity index (χ3n) is 4.05. The van der Waals surface area contributed by atoms with E-state index in [2.05, 4.69) is 15.7 Å². The molecule has 2 aromatic rings. The number of hydrogen-bond acceptors (Lipinski definition) is 4. The number of fused-ring (bicyclic) bond motifs is 1. The number of nitrogens with zero attached hydrogens (tertiary/aromatic N) is 2. The van der Waals surface area contributed by atoms with Crippen molar-refractivity contribution in [2.75, 3.05) is 5.32 Å². The molecule has 3 rings (SSSR count). The van der Waals surface area contributed by atoms with Crippen LogP contribution in [0.2, 0.25) is 5.02 Å². The molecule has 0 bridgehead atoms. The van der Waals surface area contributed by atoms with Gasteiger partial charge in [0.25, 0.3) is 0 Å². The van der Waals surface area contributed by atoms with Crippen LogP contribution in [-0.4, -0.2) is 27.6 Å². The van der Waals surface area contributed by atoms with E-state index < -0.39 is 11.8 Å². The quantitative estimate of drug-likeness (QED) is 0.801. The number of benzene rings is 1. The molecule has 0 radical (unpaired) electrons. The van der Waals surface area contributed by atoms with Gasteiger partial charge in [0.2, 0.25) is 0 Å². The van der Waals surface area contributed by atoms with Crippen molar-refractivity contribution in [1.29, 1.82) is 0 Å². The molecule has 8 heteroatoms. The Bertz CT molecular complexity index is 804. The highest BCUT2D eigenvalue weighted by Gasteiger charge is 2.26. The number of rotatable bonds is 4. The van der Waals surface area contributed by atoms with Gasteiger partial charge in [0, 0.05) is 28.1 Å². The lowest BCUT2D eigenvalue weighted by Gasteiger charge is -2.13. The van der Waals surface area contributed by atoms with Gasteiger partial charge in [-0.05, 0) is 37.6 Å². The Kier molecular flexibility index (Phi) is 5.34. The van der Waals surface area contributed by atoms with Gasteiger partial charge in [0.05, 0.1) is 11.4 Å². The summed E-state index contributed by atoms with van der Waals surface area (Å²) in [5, 5.41) is 10.6. The van der Waals surface area contributed by atoms with Gasteiger partial charge in [-0.3, -0.25) is 9.59 Å². The molecule has 1 atom stereocenters. The minimum Gasteiger partial charge on any atom is -0.345 e. The van der Waals surface area contributed by atoms with Gasteiger partial charge in [-0.1, -0.05) is 18.5 Å². The molecule has 0 saturated heterocycles. The fourth-order valence-corrected chi connectivity index (χ4v) is 3.63. The SMILES string of the molecule is CC[C@H](C)NC(=O)C(=O)Nc1c2c(nn1-c1ccc(Cl)cc1)CSC2. The number of carbonyl (C=O) groups is 2. The van der Waals surface area contributed by atoms with E-state index >= 15 is 0 Å². The van der Waals surface area contributed by atoms with E-state index in [0.29, 0.717) is 10.8 Å². The zero-order chi connectivity index (χ0) is 18.0. The van der Waals surface area contributed by atoms with Crippen LogP contribution >= 0.6 is 23.4 Å². The van der Waals surface area contributed by atoms with E-state index in [-0.39, 0.29) is 6.04 Å². The van der Waals surface area contributed by atoms with Crippen molar-refractivity contribution in [2.45, 2.75) is 37.8 Å². The highest BCUT2D eigenvalue weighted by molar-refractivity contribution is 7.98. The van der Waals surface area contributed by atoms with Crippen molar-refractivity contribution < 1.29 is 9.59 Å². The molecule has 0 unspecified atom stereocenters. The van der Waals surface area contributed by atoms with Crippen LogP contribution in [0.15, 0.2) is 24.3 Å². The highest BCUT2D eigenvalue weighted by atomic mass is 35.5. The second kappa shape index (κ2) is 7.49. The third kappa shape index (κ3) is 3.82. The molecule has 25 heavy (non-hydrogen) atoms. The van der Waals surface area contributed by atoms with Gasteiger partial charge in [-0.15, -0.1) is 0 Å². The maximum absolute atomic E-state index is 12.3. The van der Waals surface area contributed by atoms with Crippen molar-refractivity contribution >= 4 is 41.0 Å². The monoisotopic (exact) mass is 378 g/mol. The standard InChI is InChI=1S/C17H19ClN4O2S/c1-3-10(2)19-16(23)17(24)20-15-13-8-25-9-14(13)21-22(15)12-6-4-11(18)5-7-12/h4-7,10H,3,8-9H2,1-2H3,(H,19,23)(H,20,24)/t10-/m0/s1. The molecule has 1 aliphatic rings. The summed E-state index contributed by atoms with van der Waals surface area (Å²) in [5.74, 6) is 0.767. The largest absolute Gasteiger partial charge is 0.345 e. The van der Waals surface area contributed by atoms with Gasteiger partial charge in [0.1, 0.15) is 5.82 Å². The molecular formula is C17H19ClN4O2S. The van der Waals surface area contributed by atoms with Crippen LogP contribution in [0.25, 0.3) is 5.69 Å². The topological polar surface area (TPSA) is 76.0 Å². The lowest BCUT2D eigenvalue weighted by molar-refractivity contribution is -0.136. The number of aromatic nitrogens is 2. The van der Waals surface area contributed by atoms with Crippen molar-refractivity contribution in [3.05, 3.63) is 40.5 Å². The predicted molar refractivity (Wildman–Crippen MR) is 100 cm³/mol. The van der Waals surface area contributed by atoms with E-state index in [9.17, 15) is 9.59 Å². The Hall–Kier alpha value is -1.99. The van der Waals surface area contributed by atoms with Crippen molar-refractivity contribution in [3.63, 3.8) is 0 Å². The van der Waals surface area contributed by atoms with Crippen LogP contribution in [0.5, 0.6) is 0 Å². The lowest BCUT2D eigenvalue weighted by Crippen LogP contribution is -2.40. The summed E-state index contributed by atoms with van der Waals surface area (Å²) in [7, 11) is 0. The number of amides is 2. The summed E-state index contributed by atoms with van der Waals surface area (Å²) in [6.45, 7) is 3.81. The average Bonchev–Trinajstić information content (AvgIpc) is 3.18. The van der Waals surface area contributed by atoms with Crippen LogP contribution in [0.3, 0.4) is 0 Å². The smallest absolute Gasteiger partial charge is 0.314 e. The van der Waals surface area contributed by atoms with Crippen LogP contribution in [0.1, 0.15) is 31.5 Å². The minimum atomic E-state index is -0.685. The minimum absolute atomic E-state index is 0.0549. The number of anilines is 1. The Balaban J connectivity index is 1.89. The third-order valence-corrected chi connectivity index (χ3v) is 5.27. The number of carbonyl (C=O) groups excluding carboxylic acids is 2. The van der Waals surface area contributed by atoms with Crippen molar-refractivity contribution in [1.82, 2.24) is 15.1 Å². The first-order valence-electron chi connectivity index (χ1n) is 8.06. The Morgan fingerprint density at radius 2 is 2.00 bits per heavy atom. The molecule has 2 amide bonds. The number of thioether (sulfide) groups is 1. The first-order valence-corrected chi connectivity index (χ1v) is 9.59. The van der Waals surface area contributed by atoms with E-state index in [1.807, 2.05) is 26.0 Å². The molecule has 0 saturated carbocycles. The summed E-state index contributed by atoms with van der Waals surface area (Å²) in [4.78, 5) is 24.4. The molecule has 0 aliphatic carbocycles. The normalized spacial score (nSPS) is 14.0. The molecule has 2 heterocycles. The van der Waals surface area contributed by atoms with Crippen molar-refractivity contribution in [2.24, 2.45) is 0 Å². The highest BCUT2D eigenvalue weighted by Crippen LogP contribution is 2.36. The average molecular weight is 379 g/mol. The maximum Gasteiger partial charge on any atom is 0.314 e. The maximum atomic E-state index is 12.3. The van der Waals surface area contributed by atoms with Gasteiger partial charge in [-0.25, -0.2) is 4.68 Å². The van der Waals surface area contributed by atoms with Gasteiger partial charge in [0.15, 0.2) is 0 Å². The summed E-state index contributed by atoms with van der Waals surface area (Å²) in [5.41, 5.74) is 2.67. The molecule has 132 valence electrons. The van der Waals surface area contributed by atoms with E-state index in [1.165, 1.54) is 0 Å². The Labute approximate surface area is 155 Å². The summed E-state index contributed by atoms with van der Waals surface area (Å²) >= 11 is 7.68. The van der Waals surface area contributed by atoms with E-state index in [4.69, 9.17) is 11.6 Å². The lowest BCUT2D eigenvalue weighted by atomic mass is 10.2. The molecule has 1 aliphatic heterocycles. The summed E-state index contributed by atoms with van der Waals surface area (Å²) in [6.07, 6.45) is 0.758. The number of halogens is 1. The van der Waals surface area contributed by atoms with Gasteiger partial charge >= 0.3 is 11.8 Å². The first kappa shape index (κ1) is 17.8. The summed E-state index contributed by atoms with van der Waals surface area (Å²) in [6, 6.07) is 7.12. The van der Waals surface area contributed by atoms with Gasteiger partial charge in [-0.2, -0.15) is 16.9 Å². The van der Waals surface area contributed by atoms with Crippen LogP contribution in [0.4, 0.5) is 5.82 Å². The predicted octanol–water partition coefficient (Wildman–Crippen LogP) is 3.13. The second-order valence-electron chi connectivity index (χ2n) is 5.89. The van der Waals surface area contributed by atoms with Crippen LogP contribution < -0.4 is 10.6 Å². The Morgan fingerprint density at radius 1 is 1.28 bits per heavy atom. The zero-order valence-electron chi connectivity index (χ0n) is 14.0. The number of hydrogen-bond donors (Lipinski definition) is 2. The Morgan fingerprint density at radius 3 is 2.68 bits per heavy atom. The number of nitrogens with one attached hydrogen (secondary N) is 2. The molecule has 1 aromatic heterocycles. The van der Waals surface area contributed by atoms with Gasteiger partial charge < -0.3 is 10.6 Å². The molecule has 0 fully saturated rings. The van der Waals surface area contributed by atoms with Crippen LogP contribution in [0, 0.1) is 0 Å². The zero-order valence-corrected chi connectivity index (χ0v) is 15.6. The molecular weight excluding hydrogens is 360 g/mol. The van der Waals surface area contributed by atoms with Crippen LogP contribution in [-0.2, 0) is 21.1 Å². The molecule has 0 spiro atoms. The fraction of sp³-hybridized carbons (Fsp3) is 0.353.